The van der Waals surface area contributed by atoms with E-state index in [9.17, 15) is 0 Å². The second-order valence-electron chi connectivity index (χ2n) is 9.86. The molecule has 0 saturated carbocycles. The summed E-state index contributed by atoms with van der Waals surface area (Å²) >= 11 is 0. The molecule has 0 radical (unpaired) electrons. The topological polar surface area (TPSA) is 35.2 Å². The van der Waals surface area contributed by atoms with E-state index in [4.69, 9.17) is 0 Å². The Hall–Kier alpha value is -3.67. The normalized spacial score (nSPS) is 18.7. The van der Waals surface area contributed by atoms with E-state index in [-0.39, 0.29) is 11.7 Å². The molecule has 4 nitrogen and oxygen atoms in total. The van der Waals surface area contributed by atoms with Crippen molar-refractivity contribution >= 4 is 11.4 Å². The minimum Gasteiger partial charge on any atom is -0.367 e. The first kappa shape index (κ1) is 22.8. The van der Waals surface area contributed by atoms with Gasteiger partial charge in [0.05, 0.1) is 18.1 Å². The van der Waals surface area contributed by atoms with Crippen LogP contribution in [0.1, 0.15) is 48.8 Å². The third kappa shape index (κ3) is 4.36. The van der Waals surface area contributed by atoms with Crippen LogP contribution in [0.5, 0.6) is 0 Å². The molecule has 0 unspecified atom stereocenters. The van der Waals surface area contributed by atoms with Crippen LogP contribution in [0.15, 0.2) is 79.3 Å². The lowest BCUT2D eigenvalue weighted by Crippen LogP contribution is -2.34. The summed E-state index contributed by atoms with van der Waals surface area (Å²) < 4.78 is 30.8. The van der Waals surface area contributed by atoms with Crippen molar-refractivity contribution in [2.75, 3.05) is 29.4 Å². The van der Waals surface area contributed by atoms with Crippen LogP contribution in [-0.2, 0) is 0 Å². The number of rotatable bonds is 5. The van der Waals surface area contributed by atoms with Crippen molar-refractivity contribution in [3.8, 4) is 11.3 Å². The van der Waals surface area contributed by atoms with Gasteiger partial charge >= 0.3 is 0 Å². The molecule has 184 valence electrons. The minimum absolute atomic E-state index is 0.101. The highest BCUT2D eigenvalue weighted by Gasteiger charge is 2.30. The molecule has 36 heavy (non-hydrogen) atoms. The van der Waals surface area contributed by atoms with Crippen LogP contribution in [0, 0.1) is 11.6 Å². The van der Waals surface area contributed by atoms with Gasteiger partial charge in [0.1, 0.15) is 5.69 Å². The molecule has 0 bridgehead atoms. The lowest BCUT2D eigenvalue weighted by atomic mass is 9.89. The van der Waals surface area contributed by atoms with Crippen molar-refractivity contribution < 1.29 is 8.78 Å². The number of nitrogens with zero attached hydrogens (tertiary/aromatic N) is 3. The summed E-state index contributed by atoms with van der Waals surface area (Å²) in [5, 5.41) is 0. The van der Waals surface area contributed by atoms with Gasteiger partial charge < -0.3 is 14.8 Å². The van der Waals surface area contributed by atoms with Gasteiger partial charge in [-0.3, -0.25) is 0 Å². The lowest BCUT2D eigenvalue weighted by molar-refractivity contribution is 0.486. The maximum atomic E-state index is 15.4. The van der Waals surface area contributed by atoms with Crippen molar-refractivity contribution in [3.05, 3.63) is 102 Å². The minimum atomic E-state index is -0.470. The first-order valence-electron chi connectivity index (χ1n) is 12.8. The second kappa shape index (κ2) is 9.76. The fraction of sp³-hybridized carbons (Fsp3) is 0.300. The Labute approximate surface area is 210 Å². The standard InChI is InChI=1S/C30H30F2N4/c31-26-17-25(18-27(32)30(26)35-15-12-22(13-16-35)21-5-2-1-3-6-21)36-14-4-7-29(36)24-10-8-23(9-11-24)28-19-33-20-34-28/h1-3,5-6,8-11,17-20,22,29H,4,7,12-16H2,(H,33,34)/t29-/m1/s1. The second-order valence-corrected chi connectivity index (χ2v) is 9.86. The number of aromatic nitrogens is 2. The maximum Gasteiger partial charge on any atom is 0.151 e. The van der Waals surface area contributed by atoms with Gasteiger partial charge in [0.25, 0.3) is 0 Å². The molecule has 1 atom stereocenters. The van der Waals surface area contributed by atoms with E-state index in [0.29, 0.717) is 24.7 Å². The van der Waals surface area contributed by atoms with E-state index in [1.807, 2.05) is 17.2 Å². The number of benzene rings is 3. The molecule has 0 amide bonds. The van der Waals surface area contributed by atoms with E-state index in [1.54, 1.807) is 6.33 Å². The van der Waals surface area contributed by atoms with Crippen molar-refractivity contribution in [3.63, 3.8) is 0 Å². The van der Waals surface area contributed by atoms with Crippen LogP contribution in [0.3, 0.4) is 0 Å². The van der Waals surface area contributed by atoms with E-state index in [1.165, 1.54) is 17.7 Å². The first-order valence-corrected chi connectivity index (χ1v) is 12.8. The van der Waals surface area contributed by atoms with Gasteiger partial charge in [0.15, 0.2) is 11.6 Å². The summed E-state index contributed by atoms with van der Waals surface area (Å²) in [4.78, 5) is 11.3. The summed E-state index contributed by atoms with van der Waals surface area (Å²) in [6.45, 7) is 2.09. The number of halogens is 2. The fourth-order valence-electron chi connectivity index (χ4n) is 5.90. The smallest absolute Gasteiger partial charge is 0.151 e. The van der Waals surface area contributed by atoms with Crippen LogP contribution in [-0.4, -0.2) is 29.6 Å². The Kier molecular flexibility index (Phi) is 6.18. The Morgan fingerprint density at radius 3 is 2.19 bits per heavy atom. The highest BCUT2D eigenvalue weighted by molar-refractivity contribution is 5.62. The number of hydrogen-bond acceptors (Lipinski definition) is 3. The Morgan fingerprint density at radius 1 is 0.806 bits per heavy atom. The molecule has 6 rings (SSSR count). The number of imidazole rings is 1. The predicted molar refractivity (Wildman–Crippen MR) is 140 cm³/mol. The van der Waals surface area contributed by atoms with Gasteiger partial charge in [0, 0.05) is 37.1 Å². The van der Waals surface area contributed by atoms with E-state index >= 15 is 8.78 Å². The SMILES string of the molecule is Fc1cc(N2CCC[C@@H]2c2ccc(-c3c[nH]cn3)cc2)cc(F)c1N1CCC(c2ccccc2)CC1. The summed E-state index contributed by atoms with van der Waals surface area (Å²) in [7, 11) is 0. The fourth-order valence-corrected chi connectivity index (χ4v) is 5.90. The van der Waals surface area contributed by atoms with Crippen LogP contribution in [0.25, 0.3) is 11.3 Å². The predicted octanol–water partition coefficient (Wildman–Crippen LogP) is 7.08. The monoisotopic (exact) mass is 484 g/mol. The molecule has 6 heteroatoms. The molecular weight excluding hydrogens is 454 g/mol. The third-order valence-electron chi connectivity index (χ3n) is 7.76. The first-order chi connectivity index (χ1) is 17.7. The zero-order chi connectivity index (χ0) is 24.5. The molecule has 4 aromatic rings. The van der Waals surface area contributed by atoms with Crippen LogP contribution < -0.4 is 9.80 Å². The van der Waals surface area contributed by atoms with Gasteiger partial charge in [-0.15, -0.1) is 0 Å². The molecular formula is C30H30F2N4. The number of anilines is 2. The molecule has 2 saturated heterocycles. The molecule has 3 aromatic carbocycles. The summed E-state index contributed by atoms with van der Waals surface area (Å²) in [5.41, 5.74) is 5.14. The zero-order valence-corrected chi connectivity index (χ0v) is 20.2. The number of H-pyrrole nitrogens is 1. The van der Waals surface area contributed by atoms with Crippen LogP contribution >= 0.6 is 0 Å². The van der Waals surface area contributed by atoms with Crippen LogP contribution in [0.2, 0.25) is 0 Å². The van der Waals surface area contributed by atoms with Gasteiger partial charge in [0.2, 0.25) is 0 Å². The average Bonchev–Trinajstić information content (AvgIpc) is 3.62. The largest absolute Gasteiger partial charge is 0.367 e. The maximum absolute atomic E-state index is 15.4. The van der Waals surface area contributed by atoms with Gasteiger partial charge in [-0.1, -0.05) is 54.6 Å². The Bertz CT molecular complexity index is 1270. The Morgan fingerprint density at radius 2 is 1.53 bits per heavy atom. The molecule has 2 aliphatic rings. The molecule has 1 aromatic heterocycles. The van der Waals surface area contributed by atoms with Gasteiger partial charge in [-0.2, -0.15) is 0 Å². The summed E-state index contributed by atoms with van der Waals surface area (Å²) in [6, 6.07) is 21.9. The van der Waals surface area contributed by atoms with Crippen molar-refractivity contribution in [2.24, 2.45) is 0 Å². The molecule has 2 aliphatic heterocycles. The van der Waals surface area contributed by atoms with Gasteiger partial charge in [-0.25, -0.2) is 13.8 Å². The van der Waals surface area contributed by atoms with Crippen LogP contribution in [0.4, 0.5) is 20.2 Å². The Balaban J connectivity index is 1.19. The van der Waals surface area contributed by atoms with E-state index in [0.717, 1.165) is 49.0 Å². The van der Waals surface area contributed by atoms with E-state index in [2.05, 4.69) is 63.4 Å². The van der Waals surface area contributed by atoms with E-state index < -0.39 is 11.6 Å². The molecule has 3 heterocycles. The van der Waals surface area contributed by atoms with Gasteiger partial charge in [-0.05, 0) is 54.9 Å². The average molecular weight is 485 g/mol. The third-order valence-corrected chi connectivity index (χ3v) is 7.76. The van der Waals surface area contributed by atoms with Crippen molar-refractivity contribution in [1.82, 2.24) is 9.97 Å². The number of aromatic amines is 1. The lowest BCUT2D eigenvalue weighted by Gasteiger charge is -2.35. The number of hydrogen-bond donors (Lipinski definition) is 1. The molecule has 1 N–H and O–H groups in total. The summed E-state index contributed by atoms with van der Waals surface area (Å²) in [6.07, 6.45) is 7.28. The highest BCUT2D eigenvalue weighted by atomic mass is 19.1. The van der Waals surface area contributed by atoms with Crippen molar-refractivity contribution in [2.45, 2.75) is 37.6 Å². The molecule has 0 spiro atoms. The number of piperidine rings is 1. The summed E-state index contributed by atoms with van der Waals surface area (Å²) in [5.74, 6) is -0.497. The molecule has 2 fully saturated rings. The zero-order valence-electron chi connectivity index (χ0n) is 20.2. The number of nitrogens with one attached hydrogen (secondary N) is 1. The van der Waals surface area contributed by atoms with Crippen molar-refractivity contribution in [1.29, 1.82) is 0 Å². The molecule has 0 aliphatic carbocycles. The highest BCUT2D eigenvalue weighted by Crippen LogP contribution is 2.40. The quantitative estimate of drug-likeness (QED) is 0.329.